The van der Waals surface area contributed by atoms with Gasteiger partial charge < -0.3 is 5.11 Å². The van der Waals surface area contributed by atoms with E-state index in [-0.39, 0.29) is 40.6 Å². The van der Waals surface area contributed by atoms with Crippen LogP contribution in [0.25, 0.3) is 0 Å². The third-order valence-electron chi connectivity index (χ3n) is 7.94. The molecule has 3 aliphatic carbocycles. The van der Waals surface area contributed by atoms with Gasteiger partial charge in [-0.1, -0.05) is 40.9 Å². The maximum absolute atomic E-state index is 13.8. The third-order valence-corrected chi connectivity index (χ3v) is 8.52. The van der Waals surface area contributed by atoms with Crippen molar-refractivity contribution >= 4 is 52.3 Å². The molecule has 2 amide bonds. The van der Waals surface area contributed by atoms with Crippen LogP contribution in [0.3, 0.4) is 0 Å². The molecule has 6 nitrogen and oxygen atoms in total. The van der Waals surface area contributed by atoms with Gasteiger partial charge in [0.05, 0.1) is 17.5 Å². The topological polar surface area (TPSA) is 91.8 Å². The van der Waals surface area contributed by atoms with Gasteiger partial charge in [0.25, 0.3) is 0 Å². The van der Waals surface area contributed by atoms with E-state index in [1.807, 2.05) is 6.08 Å². The number of imide groups is 1. The van der Waals surface area contributed by atoms with Crippen LogP contribution in [0.15, 0.2) is 76.9 Å². The molecule has 2 aromatic carbocycles. The van der Waals surface area contributed by atoms with Crippen LogP contribution in [0.4, 0.5) is 5.69 Å². The van der Waals surface area contributed by atoms with Gasteiger partial charge in [-0.05, 0) is 73.7 Å². The van der Waals surface area contributed by atoms with Crippen molar-refractivity contribution in [3.8, 4) is 5.75 Å². The molecule has 1 saturated heterocycles. The van der Waals surface area contributed by atoms with Crippen molar-refractivity contribution in [1.29, 1.82) is 0 Å². The molecule has 1 N–H and O–H groups in total. The molecule has 1 aliphatic heterocycles. The van der Waals surface area contributed by atoms with Crippen molar-refractivity contribution in [2.45, 2.75) is 25.7 Å². The Morgan fingerprint density at radius 2 is 1.68 bits per heavy atom. The number of phenols is 1. The predicted molar refractivity (Wildman–Crippen MR) is 138 cm³/mol. The van der Waals surface area contributed by atoms with E-state index in [1.165, 1.54) is 23.1 Å². The van der Waals surface area contributed by atoms with E-state index in [1.54, 1.807) is 37.3 Å². The zero-order valence-electron chi connectivity index (χ0n) is 19.7. The number of benzene rings is 2. The monoisotopic (exact) mass is 533 g/mol. The molecule has 8 heteroatoms. The summed E-state index contributed by atoms with van der Waals surface area (Å²) in [6, 6.07) is 11.1. The molecule has 186 valence electrons. The number of Topliss-reactive ketones (excluding diaryl/α,β-unsaturated/α-hetero) is 1. The van der Waals surface area contributed by atoms with Gasteiger partial charge in [-0.2, -0.15) is 0 Å². The van der Waals surface area contributed by atoms with Crippen LogP contribution in [-0.2, 0) is 19.2 Å². The summed E-state index contributed by atoms with van der Waals surface area (Å²) in [5.74, 6) is -3.49. The Labute approximate surface area is 222 Å². The number of hydrogen-bond acceptors (Lipinski definition) is 5. The van der Waals surface area contributed by atoms with Gasteiger partial charge in [0.2, 0.25) is 11.8 Å². The number of ketones is 2. The molecular weight excluding hydrogens is 513 g/mol. The molecule has 6 rings (SSSR count). The lowest BCUT2D eigenvalue weighted by atomic mass is 9.59. The van der Waals surface area contributed by atoms with Crippen LogP contribution in [0.1, 0.15) is 31.2 Å². The van der Waals surface area contributed by atoms with Gasteiger partial charge in [0.15, 0.2) is 11.6 Å². The first-order valence-corrected chi connectivity index (χ1v) is 12.7. The third kappa shape index (κ3) is 3.54. The number of fused-ring (bicyclic) bond motifs is 3. The van der Waals surface area contributed by atoms with E-state index in [4.69, 9.17) is 23.2 Å². The van der Waals surface area contributed by atoms with Crippen molar-refractivity contribution in [1.82, 2.24) is 0 Å². The molecular formula is C29H21Cl2NO5. The summed E-state index contributed by atoms with van der Waals surface area (Å²) in [6.45, 7) is 1.61. The van der Waals surface area contributed by atoms with Crippen LogP contribution in [0, 0.1) is 17.8 Å². The van der Waals surface area contributed by atoms with E-state index in [2.05, 4.69) is 0 Å². The molecule has 0 saturated carbocycles. The molecule has 4 atom stereocenters. The fourth-order valence-electron chi connectivity index (χ4n) is 6.33. The summed E-state index contributed by atoms with van der Waals surface area (Å²) in [5, 5.41) is 10.7. The van der Waals surface area contributed by atoms with Crippen LogP contribution in [0.5, 0.6) is 5.75 Å². The predicted octanol–water partition coefficient (Wildman–Crippen LogP) is 5.33. The molecule has 0 radical (unpaired) electrons. The van der Waals surface area contributed by atoms with Crippen LogP contribution >= 0.6 is 23.2 Å². The minimum Gasteiger partial charge on any atom is -0.508 e. The lowest BCUT2D eigenvalue weighted by Crippen LogP contribution is -2.39. The number of amides is 2. The van der Waals surface area contributed by atoms with E-state index in [0.29, 0.717) is 39.4 Å². The maximum Gasteiger partial charge on any atom is 0.238 e. The second-order valence-electron chi connectivity index (χ2n) is 9.92. The molecule has 37 heavy (non-hydrogen) atoms. The number of carbonyl (C=O) groups is 4. The maximum atomic E-state index is 13.8. The first-order chi connectivity index (χ1) is 17.7. The fourth-order valence-corrected chi connectivity index (χ4v) is 6.74. The fraction of sp³-hybridized carbons (Fsp3) is 0.241. The Balaban J connectivity index is 1.50. The number of nitrogens with zero attached hydrogens (tertiary/aromatic N) is 1. The average molecular weight is 534 g/mol. The lowest BCUT2D eigenvalue weighted by Gasteiger charge is -2.42. The molecule has 4 aliphatic rings. The Morgan fingerprint density at radius 3 is 2.38 bits per heavy atom. The van der Waals surface area contributed by atoms with Crippen molar-refractivity contribution in [3.63, 3.8) is 0 Å². The average Bonchev–Trinajstić information content (AvgIpc) is 3.12. The Hall–Kier alpha value is -3.48. The van der Waals surface area contributed by atoms with E-state index in [0.717, 1.165) is 5.57 Å². The SMILES string of the molecule is CC1=CC(=O)C2=C(C[C@@H]3C(=CC[C@@H]4C(=O)N(c5ccc(Cl)cc5)C(=O)[C@@H]43)[C@@H]2c2ccc(O)cc2Cl)C1=O. The molecule has 1 fully saturated rings. The highest BCUT2D eigenvalue weighted by Gasteiger charge is 2.56. The van der Waals surface area contributed by atoms with Gasteiger partial charge >= 0.3 is 0 Å². The number of allylic oxidation sites excluding steroid dienone is 6. The zero-order chi connectivity index (χ0) is 26.2. The second-order valence-corrected chi connectivity index (χ2v) is 10.8. The summed E-state index contributed by atoms with van der Waals surface area (Å²) in [7, 11) is 0. The molecule has 0 aromatic heterocycles. The standard InChI is InChI=1S/C29H21Cl2NO5/c1-13-10-23(34)26-21(27(13)35)12-20-17(24(26)18-7-6-16(33)11-22(18)31)8-9-19-25(20)29(37)32(28(19)36)15-4-2-14(30)3-5-15/h2-8,10-11,19-20,24-25,33H,9,12H2,1H3/t19-,20+,24+,25-/m0/s1. The van der Waals surface area contributed by atoms with Crippen molar-refractivity contribution < 1.29 is 24.3 Å². The molecule has 0 spiro atoms. The number of hydrogen-bond donors (Lipinski definition) is 1. The van der Waals surface area contributed by atoms with Crippen LogP contribution < -0.4 is 4.90 Å². The molecule has 0 unspecified atom stereocenters. The number of phenolic OH excluding ortho intramolecular Hbond substituents is 1. The van der Waals surface area contributed by atoms with Gasteiger partial charge in [0, 0.05) is 32.7 Å². The quantitative estimate of drug-likeness (QED) is 0.320. The van der Waals surface area contributed by atoms with Gasteiger partial charge in [-0.3, -0.25) is 24.1 Å². The summed E-state index contributed by atoms with van der Waals surface area (Å²) in [4.78, 5) is 55.1. The first kappa shape index (κ1) is 23.9. The van der Waals surface area contributed by atoms with Gasteiger partial charge in [-0.15, -0.1) is 0 Å². The van der Waals surface area contributed by atoms with Crippen molar-refractivity contribution in [3.05, 3.63) is 92.5 Å². The Morgan fingerprint density at radius 1 is 0.946 bits per heavy atom. The summed E-state index contributed by atoms with van der Waals surface area (Å²) >= 11 is 12.6. The largest absolute Gasteiger partial charge is 0.508 e. The second kappa shape index (κ2) is 8.54. The minimum atomic E-state index is -0.676. The van der Waals surface area contributed by atoms with E-state index < -0.39 is 23.7 Å². The number of anilines is 1. The number of halogens is 2. The van der Waals surface area contributed by atoms with Crippen molar-refractivity contribution in [2.75, 3.05) is 4.90 Å². The highest BCUT2D eigenvalue weighted by Crippen LogP contribution is 2.56. The minimum absolute atomic E-state index is 0.0232. The Bertz CT molecular complexity index is 1520. The highest BCUT2D eigenvalue weighted by atomic mass is 35.5. The summed E-state index contributed by atoms with van der Waals surface area (Å²) < 4.78 is 0. The molecule has 2 aromatic rings. The summed E-state index contributed by atoms with van der Waals surface area (Å²) in [6.07, 6.45) is 3.80. The Kier molecular flexibility index (Phi) is 5.51. The molecule has 1 heterocycles. The first-order valence-electron chi connectivity index (χ1n) is 12.0. The van der Waals surface area contributed by atoms with E-state index in [9.17, 15) is 24.3 Å². The smallest absolute Gasteiger partial charge is 0.238 e. The molecule has 0 bridgehead atoms. The van der Waals surface area contributed by atoms with Gasteiger partial charge in [0.1, 0.15) is 5.75 Å². The van der Waals surface area contributed by atoms with Crippen LogP contribution in [-0.4, -0.2) is 28.5 Å². The number of rotatable bonds is 2. The highest BCUT2D eigenvalue weighted by molar-refractivity contribution is 6.32. The van der Waals surface area contributed by atoms with Crippen LogP contribution in [0.2, 0.25) is 10.0 Å². The summed E-state index contributed by atoms with van der Waals surface area (Å²) in [5.41, 5.74) is 2.90. The zero-order valence-corrected chi connectivity index (χ0v) is 21.2. The van der Waals surface area contributed by atoms with E-state index >= 15 is 0 Å². The normalized spacial score (nSPS) is 27.1. The lowest BCUT2D eigenvalue weighted by molar-refractivity contribution is -0.123. The number of carbonyl (C=O) groups excluding carboxylic acids is 4. The number of aromatic hydroxyl groups is 1. The van der Waals surface area contributed by atoms with Gasteiger partial charge in [-0.25, -0.2) is 0 Å². The van der Waals surface area contributed by atoms with Crippen molar-refractivity contribution in [2.24, 2.45) is 17.8 Å².